The monoisotopic (exact) mass is 188 g/mol. The molecule has 0 fully saturated rings. The number of hydrogen-bond donors (Lipinski definition) is 2. The van der Waals surface area contributed by atoms with Gasteiger partial charge in [-0.2, -0.15) is 0 Å². The van der Waals surface area contributed by atoms with Crippen LogP contribution < -0.4 is 10.6 Å². The molecule has 1 aromatic rings. The first-order valence-electron chi connectivity index (χ1n) is 4.78. The zero-order valence-electron chi connectivity index (χ0n) is 8.72. The summed E-state index contributed by atoms with van der Waals surface area (Å²) in [6.07, 6.45) is 0.889. The topological polar surface area (TPSA) is 24.1 Å². The van der Waals surface area contributed by atoms with Gasteiger partial charge < -0.3 is 10.6 Å². The van der Waals surface area contributed by atoms with E-state index < -0.39 is 0 Å². The van der Waals surface area contributed by atoms with E-state index in [1.54, 1.807) is 0 Å². The molecule has 0 aliphatic heterocycles. The van der Waals surface area contributed by atoms with Crippen LogP contribution in [0.5, 0.6) is 0 Å². The molecule has 0 aliphatic carbocycles. The van der Waals surface area contributed by atoms with Crippen LogP contribution in [-0.2, 0) is 0 Å². The van der Waals surface area contributed by atoms with Gasteiger partial charge in [0.2, 0.25) is 0 Å². The molecule has 14 heavy (non-hydrogen) atoms. The van der Waals surface area contributed by atoms with Crippen LogP contribution in [0.1, 0.15) is 12.0 Å². The Kier molecular flexibility index (Phi) is 4.60. The third-order valence-corrected chi connectivity index (χ3v) is 1.88. The summed E-state index contributed by atoms with van der Waals surface area (Å²) < 4.78 is 0. The first-order chi connectivity index (χ1) is 6.86. The van der Waals surface area contributed by atoms with E-state index >= 15 is 0 Å². The second-order valence-corrected chi connectivity index (χ2v) is 2.99. The lowest BCUT2D eigenvalue weighted by Crippen LogP contribution is -2.05. The van der Waals surface area contributed by atoms with Crippen molar-refractivity contribution in [1.29, 1.82) is 0 Å². The molecule has 1 rings (SSSR count). The number of benzene rings is 1. The van der Waals surface area contributed by atoms with E-state index in [1.165, 1.54) is 0 Å². The summed E-state index contributed by atoms with van der Waals surface area (Å²) in [4.78, 5) is 0. The minimum atomic E-state index is 0.889. The van der Waals surface area contributed by atoms with Gasteiger partial charge in [0.1, 0.15) is 0 Å². The molecule has 0 spiro atoms. The molecule has 0 aromatic heterocycles. The molecule has 2 nitrogen and oxygen atoms in total. The molecule has 0 bridgehead atoms. The third kappa shape index (κ3) is 3.51. The van der Waals surface area contributed by atoms with Crippen LogP contribution in [0, 0.1) is 11.8 Å². The van der Waals surface area contributed by atoms with E-state index in [2.05, 4.69) is 22.5 Å². The first kappa shape index (κ1) is 10.6. The zero-order chi connectivity index (χ0) is 10.2. The van der Waals surface area contributed by atoms with E-state index in [1.807, 2.05) is 38.4 Å². The fourth-order valence-electron chi connectivity index (χ4n) is 1.10. The Morgan fingerprint density at radius 3 is 2.86 bits per heavy atom. The lowest BCUT2D eigenvalue weighted by molar-refractivity contribution is 0.818. The Hall–Kier alpha value is -1.46. The lowest BCUT2D eigenvalue weighted by Gasteiger charge is -1.98. The van der Waals surface area contributed by atoms with E-state index in [0.717, 1.165) is 24.2 Å². The van der Waals surface area contributed by atoms with Crippen LogP contribution in [0.3, 0.4) is 0 Å². The molecule has 0 unspecified atom stereocenters. The molecule has 0 saturated carbocycles. The van der Waals surface area contributed by atoms with Crippen LogP contribution in [0.25, 0.3) is 0 Å². The fraction of sp³-hybridized carbons (Fsp3) is 0.333. The maximum atomic E-state index is 3.12. The summed E-state index contributed by atoms with van der Waals surface area (Å²) in [6.45, 7) is 0.943. The molecule has 0 amide bonds. The van der Waals surface area contributed by atoms with E-state index in [-0.39, 0.29) is 0 Å². The largest absolute Gasteiger partial charge is 0.388 e. The number of hydrogen-bond acceptors (Lipinski definition) is 2. The normalized spacial score (nSPS) is 9.00. The first-order valence-corrected chi connectivity index (χ1v) is 4.78. The summed E-state index contributed by atoms with van der Waals surface area (Å²) in [6, 6.07) is 8.10. The van der Waals surface area contributed by atoms with Crippen LogP contribution in [0.4, 0.5) is 5.69 Å². The van der Waals surface area contributed by atoms with Gasteiger partial charge in [-0.05, 0) is 25.2 Å². The summed E-state index contributed by atoms with van der Waals surface area (Å²) in [5.74, 6) is 6.24. The predicted molar refractivity (Wildman–Crippen MR) is 61.4 cm³/mol. The highest BCUT2D eigenvalue weighted by Gasteiger charge is 1.88. The summed E-state index contributed by atoms with van der Waals surface area (Å²) in [7, 11) is 3.84. The Morgan fingerprint density at radius 2 is 2.14 bits per heavy atom. The zero-order valence-corrected chi connectivity index (χ0v) is 8.72. The average molecular weight is 188 g/mol. The molecule has 0 aliphatic rings. The molecule has 0 radical (unpaired) electrons. The standard InChI is InChI=1S/C12H16N2/c1-13-9-4-3-6-11-7-5-8-12(10-11)14-2/h5,7-8,10,13-14H,4,9H2,1-2H3. The molecule has 1 aromatic carbocycles. The van der Waals surface area contributed by atoms with Gasteiger partial charge in [-0.3, -0.25) is 0 Å². The molecule has 0 heterocycles. The summed E-state index contributed by atoms with van der Waals surface area (Å²) in [5, 5.41) is 6.15. The van der Waals surface area contributed by atoms with Gasteiger partial charge in [0, 0.05) is 31.3 Å². The van der Waals surface area contributed by atoms with E-state index in [0.29, 0.717) is 0 Å². The SMILES string of the molecule is CNCCC#Cc1cccc(NC)c1. The Labute approximate surface area is 85.7 Å². The highest BCUT2D eigenvalue weighted by atomic mass is 14.8. The number of anilines is 1. The minimum Gasteiger partial charge on any atom is -0.388 e. The van der Waals surface area contributed by atoms with Crippen molar-refractivity contribution in [3.63, 3.8) is 0 Å². The molecule has 2 heteroatoms. The third-order valence-electron chi connectivity index (χ3n) is 1.88. The van der Waals surface area contributed by atoms with Crippen molar-refractivity contribution in [1.82, 2.24) is 5.32 Å². The van der Waals surface area contributed by atoms with Crippen molar-refractivity contribution >= 4 is 5.69 Å². The molecule has 0 atom stereocenters. The minimum absolute atomic E-state index is 0.889. The van der Waals surface area contributed by atoms with E-state index in [9.17, 15) is 0 Å². The van der Waals surface area contributed by atoms with Crippen LogP contribution >= 0.6 is 0 Å². The Morgan fingerprint density at radius 1 is 1.29 bits per heavy atom. The van der Waals surface area contributed by atoms with Gasteiger partial charge in [0.15, 0.2) is 0 Å². The highest BCUT2D eigenvalue weighted by molar-refractivity contribution is 5.49. The average Bonchev–Trinajstić information content (AvgIpc) is 2.25. The second-order valence-electron chi connectivity index (χ2n) is 2.99. The van der Waals surface area contributed by atoms with Crippen LogP contribution in [0.15, 0.2) is 24.3 Å². The van der Waals surface area contributed by atoms with Crippen molar-refractivity contribution in [2.75, 3.05) is 26.0 Å². The maximum absolute atomic E-state index is 3.12. The van der Waals surface area contributed by atoms with Crippen molar-refractivity contribution in [2.45, 2.75) is 6.42 Å². The van der Waals surface area contributed by atoms with Gasteiger partial charge in [-0.1, -0.05) is 17.9 Å². The molecular formula is C12H16N2. The van der Waals surface area contributed by atoms with E-state index in [4.69, 9.17) is 0 Å². The highest BCUT2D eigenvalue weighted by Crippen LogP contribution is 2.08. The van der Waals surface area contributed by atoms with Gasteiger partial charge in [-0.15, -0.1) is 0 Å². The molecule has 74 valence electrons. The fourth-order valence-corrected chi connectivity index (χ4v) is 1.10. The van der Waals surface area contributed by atoms with Crippen LogP contribution in [0.2, 0.25) is 0 Å². The quantitative estimate of drug-likeness (QED) is 0.557. The lowest BCUT2D eigenvalue weighted by atomic mass is 10.2. The summed E-state index contributed by atoms with van der Waals surface area (Å²) >= 11 is 0. The van der Waals surface area contributed by atoms with Crippen molar-refractivity contribution in [2.24, 2.45) is 0 Å². The summed E-state index contributed by atoms with van der Waals surface area (Å²) in [5.41, 5.74) is 2.17. The van der Waals surface area contributed by atoms with Crippen molar-refractivity contribution < 1.29 is 0 Å². The molecular weight excluding hydrogens is 172 g/mol. The number of nitrogens with one attached hydrogen (secondary N) is 2. The van der Waals surface area contributed by atoms with Gasteiger partial charge in [0.25, 0.3) is 0 Å². The maximum Gasteiger partial charge on any atom is 0.0350 e. The second kappa shape index (κ2) is 6.06. The van der Waals surface area contributed by atoms with Gasteiger partial charge in [0.05, 0.1) is 0 Å². The predicted octanol–water partition coefficient (Wildman–Crippen LogP) is 1.69. The van der Waals surface area contributed by atoms with Gasteiger partial charge in [-0.25, -0.2) is 0 Å². The van der Waals surface area contributed by atoms with Crippen molar-refractivity contribution in [3.8, 4) is 11.8 Å². The molecule has 0 saturated heterocycles. The van der Waals surface area contributed by atoms with Gasteiger partial charge >= 0.3 is 0 Å². The smallest absolute Gasteiger partial charge is 0.0350 e. The van der Waals surface area contributed by atoms with Crippen LogP contribution in [-0.4, -0.2) is 20.6 Å². The van der Waals surface area contributed by atoms with Crippen molar-refractivity contribution in [3.05, 3.63) is 29.8 Å². The Bertz CT molecular complexity index is 334. The Balaban J connectivity index is 2.60. The molecule has 2 N–H and O–H groups in total. The number of rotatable bonds is 3.